The lowest BCUT2D eigenvalue weighted by Crippen LogP contribution is -2.64. The highest BCUT2D eigenvalue weighted by atomic mass is 16.7. The number of Topliss-reactive ketones (excluding diaryl/α,β-unsaturated/α-hetero) is 5. The van der Waals surface area contributed by atoms with E-state index in [-0.39, 0.29) is 106 Å². The van der Waals surface area contributed by atoms with E-state index in [0.717, 1.165) is 14.4 Å². The van der Waals surface area contributed by atoms with Crippen LogP contribution in [-0.4, -0.2) is 283 Å². The number of para-hydroxylation sites is 1. The first-order chi connectivity index (χ1) is 63.9. The number of carbonyl (C=O) groups excluding carboxylic acids is 9. The number of piperidine rings is 2. The summed E-state index contributed by atoms with van der Waals surface area (Å²) in [7, 11) is 8.87. The fourth-order valence-electron chi connectivity index (χ4n) is 22.0. The van der Waals surface area contributed by atoms with E-state index in [1.165, 1.54) is 37.8 Å². The minimum absolute atomic E-state index is 0.0255. The highest BCUT2D eigenvalue weighted by Gasteiger charge is 2.58. The minimum atomic E-state index is -2.57. The third-order valence-electron chi connectivity index (χ3n) is 30.7. The Balaban J connectivity index is 0.000000294. The Kier molecular flexibility index (Phi) is 39.2. The molecule has 4 saturated heterocycles. The Bertz CT molecular complexity index is 4700. The van der Waals surface area contributed by atoms with Crippen LogP contribution in [0, 0.1) is 65.1 Å². The number of hydrogen-bond acceptors (Lipinski definition) is 28. The average Bonchev–Trinajstić information content (AvgIpc) is 1.60. The van der Waals surface area contributed by atoms with Crippen molar-refractivity contribution >= 4 is 52.7 Å². The maximum absolute atomic E-state index is 14.6. The van der Waals surface area contributed by atoms with Crippen molar-refractivity contribution in [1.29, 1.82) is 0 Å². The third kappa shape index (κ3) is 25.2. The molecule has 33 nitrogen and oxygen atoms in total. The fraction of sp³-hybridized carbons (Fsp3) is 0.735. The average molecular weight is 1900 g/mol. The molecule has 7 N–H and O–H groups in total. The summed E-state index contributed by atoms with van der Waals surface area (Å²) in [6, 6.07) is 4.73. The molecule has 32 atom stereocenters. The quantitative estimate of drug-likeness (QED) is 0.0558. The smallest absolute Gasteiger partial charge is 0.352 e. The Morgan fingerprint density at radius 1 is 0.541 bits per heavy atom. The van der Waals surface area contributed by atoms with Gasteiger partial charge in [0, 0.05) is 111 Å². The van der Waals surface area contributed by atoms with Gasteiger partial charge in [0.2, 0.25) is 11.6 Å². The maximum Gasteiger partial charge on any atom is 0.352 e. The molecule has 10 aliphatic rings. The molecule has 8 aliphatic heterocycles. The lowest BCUT2D eigenvalue weighted by Gasteiger charge is -2.47. The van der Waals surface area contributed by atoms with E-state index in [1.54, 1.807) is 112 Å². The summed E-state index contributed by atoms with van der Waals surface area (Å²) in [6.45, 7) is 22.8. The zero-order valence-electron chi connectivity index (χ0n) is 82.6. The van der Waals surface area contributed by atoms with Gasteiger partial charge in [-0.05, 0) is 214 Å². The van der Waals surface area contributed by atoms with E-state index in [9.17, 15) is 88.5 Å². The van der Waals surface area contributed by atoms with Crippen LogP contribution < -0.4 is 11.4 Å². The Hall–Kier alpha value is -7.71. The summed E-state index contributed by atoms with van der Waals surface area (Å²) in [5, 5.41) is 80.1. The molecule has 33 heteroatoms. The van der Waals surface area contributed by atoms with Gasteiger partial charge in [0.25, 0.3) is 23.4 Å². The molecule has 6 bridgehead atoms. The number of esters is 2. The summed E-state index contributed by atoms with van der Waals surface area (Å²) >= 11 is 0. The number of benzene rings is 1. The van der Waals surface area contributed by atoms with Crippen molar-refractivity contribution in [3.8, 4) is 5.69 Å². The molecule has 754 valence electrons. The number of cyclic esters (lactones) is 1. The Morgan fingerprint density at radius 3 is 1.70 bits per heavy atom. The van der Waals surface area contributed by atoms with Crippen LogP contribution in [0.1, 0.15) is 243 Å². The molecule has 18 unspecified atom stereocenters. The molecular weight excluding hydrogens is 1740 g/mol. The molecule has 6 fully saturated rings. The number of allylic oxidation sites excluding steroid dienone is 6. The first-order valence-corrected chi connectivity index (χ1v) is 49.0. The summed E-state index contributed by atoms with van der Waals surface area (Å²) in [6.07, 6.45) is 5.80. The summed E-state index contributed by atoms with van der Waals surface area (Å²) in [5.74, 6) is -18.0. The number of nitrogens with zero attached hydrogens (tertiary/aromatic N) is 5. The lowest BCUT2D eigenvalue weighted by molar-refractivity contribution is -0.302. The zero-order chi connectivity index (χ0) is 99.3. The molecule has 2 aliphatic carbocycles. The molecule has 2 saturated carbocycles. The van der Waals surface area contributed by atoms with Crippen LogP contribution in [0.4, 0.5) is 0 Å². The molecule has 12 rings (SSSR count). The van der Waals surface area contributed by atoms with Gasteiger partial charge in [0.15, 0.2) is 5.78 Å². The summed E-state index contributed by atoms with van der Waals surface area (Å²) < 4.78 is 63.3. The highest BCUT2D eigenvalue weighted by Crippen LogP contribution is 2.44. The molecule has 135 heavy (non-hydrogen) atoms. The van der Waals surface area contributed by atoms with Gasteiger partial charge in [-0.3, -0.25) is 33.6 Å². The number of carbonyl (C=O) groups is 9. The van der Waals surface area contributed by atoms with Gasteiger partial charge in [-0.1, -0.05) is 117 Å². The van der Waals surface area contributed by atoms with Crippen molar-refractivity contribution in [2.45, 2.75) is 359 Å². The number of ether oxygens (including phenoxy) is 10. The van der Waals surface area contributed by atoms with Gasteiger partial charge >= 0.3 is 23.3 Å². The van der Waals surface area contributed by atoms with Crippen molar-refractivity contribution in [2.75, 3.05) is 55.7 Å². The number of ketones is 5. The SMILES string of the molecule is CC[C@@H]1/C=C(\C)C(O)[C@H](C)CC(OC)C2OC(O)(C(=O)C(=O)N3CCCC[C@H]3C(=O)OC(/C(C)=C/C3CCC(O)C(OC)C3)[C@H](C)C(O)CC1=O)[C@H](C)CC2OC.COC1CC(CC(C)C2CC(=O)[C@H](C)/C=C(/C)[C@@H](O)[C@@H](OC)C(=O)[C@H](C)C[C@H](C)C3C=CC(/C=C(/C)[C@@H](OC)C[C@@H]4CC[C@@H](C)C(O)(O4)C(=O)C(=O)N4CCCC[C@H]4C(=O)O2)n2c(=O)n(-c4ccccc4)c(=O)n23)CCC1O. The molecule has 0 radical (unpaired) electrons. The number of aliphatic hydroxyl groups is 7. The number of hydrogen-bond donors (Lipinski definition) is 7. The number of amides is 2. The summed E-state index contributed by atoms with van der Waals surface area (Å²) in [5.41, 5.74) is 1.32. The van der Waals surface area contributed by atoms with Crippen molar-refractivity contribution in [3.05, 3.63) is 110 Å². The highest BCUT2D eigenvalue weighted by molar-refractivity contribution is 6.39. The van der Waals surface area contributed by atoms with Crippen molar-refractivity contribution < 1.29 is 126 Å². The second-order valence-electron chi connectivity index (χ2n) is 40.3. The molecular formula is C102H153N5O28. The van der Waals surface area contributed by atoms with E-state index in [1.807, 2.05) is 58.9 Å². The van der Waals surface area contributed by atoms with Crippen molar-refractivity contribution in [2.24, 2.45) is 65.1 Å². The number of rotatable bonds is 13. The van der Waals surface area contributed by atoms with E-state index >= 15 is 0 Å². The number of fused-ring (bicyclic) bond motifs is 18. The Labute approximate surface area is 794 Å². The monoisotopic (exact) mass is 1900 g/mol. The standard InChI is InChI=1S/C59H84N4O15.C43H69NO13/c1-33-26-37(5)51(66)53(76-10)52(67)38(6)27-34(2)47(65)32-49(35(3)28-40-20-24-46(64)50(30-40)75-9)77-56(70)45-18-14-15-25-60(45)55(69)54(68)59(73)39(7)19-22-43(78-59)31-48(74-8)36(4)29-42-21-23-44(33)63-58(72)61(57(71)62(42)63)41-16-12-11-13-17-41;1-10-29-18-23(2)37(48)24(3)19-35(54-8)39-36(55-9)20-26(5)43(52,57-39)40(49)41(50)44-16-12-11-13-30(44)42(51)56-38(27(6)32(46)22-33(29)47)25(4)17-28-14-15-31(45)34(21-28)53-7/h11-13,16-17,21,23,27,29,33-35,37,39-40,42-46,48-50,52-53,64,67,73H,14-15,18-20,22,24-26,28,30-32H2,1-10H3;17-18,24,26-32,34-39,45-46,48,52H,10-16,19-22H2,1-9H3/b36-29-,38-27-;23-18+,25-17+/t33-,34+,35?,37+,39+,40?,42?,43-,44?,45-,46?,48-,49?,50?,52+,53-,59?;24-,26-,27-,28?,29-,30+,31?,32?,34?,35?,36?,37?,38?,39?,43?/m01/s1. The van der Waals surface area contributed by atoms with Gasteiger partial charge in [0.05, 0.1) is 78.8 Å². The minimum Gasteiger partial charge on any atom is -0.460 e. The first kappa shape index (κ1) is 109. The van der Waals surface area contributed by atoms with Crippen LogP contribution in [0.5, 0.6) is 0 Å². The van der Waals surface area contributed by atoms with Crippen LogP contribution in [0.25, 0.3) is 5.69 Å². The molecule has 1 aromatic heterocycles. The van der Waals surface area contributed by atoms with E-state index in [2.05, 4.69) is 0 Å². The van der Waals surface area contributed by atoms with Crippen LogP contribution in [0.2, 0.25) is 0 Å². The van der Waals surface area contributed by atoms with E-state index in [4.69, 9.17) is 47.4 Å². The second kappa shape index (κ2) is 48.4. The molecule has 1 aromatic carbocycles. The van der Waals surface area contributed by atoms with Crippen LogP contribution >= 0.6 is 0 Å². The molecule has 0 spiro atoms. The predicted molar refractivity (Wildman–Crippen MR) is 498 cm³/mol. The van der Waals surface area contributed by atoms with E-state index in [0.29, 0.717) is 118 Å². The van der Waals surface area contributed by atoms with Gasteiger partial charge in [-0.25, -0.2) is 33.1 Å². The van der Waals surface area contributed by atoms with Gasteiger partial charge in [0.1, 0.15) is 54.2 Å². The van der Waals surface area contributed by atoms with Gasteiger partial charge in [-0.2, -0.15) is 0 Å². The van der Waals surface area contributed by atoms with E-state index < -0.39 is 215 Å². The second-order valence-corrected chi connectivity index (χ2v) is 40.3. The summed E-state index contributed by atoms with van der Waals surface area (Å²) in [4.78, 5) is 160. The van der Waals surface area contributed by atoms with Crippen LogP contribution in [0.3, 0.4) is 0 Å². The zero-order valence-corrected chi connectivity index (χ0v) is 82.6. The molecule has 2 amide bonds. The third-order valence-corrected chi connectivity index (χ3v) is 30.7. The fourth-order valence-corrected chi connectivity index (χ4v) is 22.0. The van der Waals surface area contributed by atoms with Gasteiger partial charge < -0.3 is 92.9 Å². The number of aliphatic hydroxyl groups excluding tert-OH is 5. The lowest BCUT2D eigenvalue weighted by atomic mass is 9.78. The van der Waals surface area contributed by atoms with Gasteiger partial charge in [-0.15, -0.1) is 0 Å². The molecule has 2 aromatic rings. The topological polar surface area (TPSA) is 443 Å². The van der Waals surface area contributed by atoms with Crippen LogP contribution in [-0.2, 0) is 90.5 Å². The maximum atomic E-state index is 14.6. The Morgan fingerprint density at radius 2 is 1.11 bits per heavy atom. The van der Waals surface area contributed by atoms with Crippen LogP contribution in [0.15, 0.2) is 98.7 Å². The van der Waals surface area contributed by atoms with Crippen molar-refractivity contribution in [1.82, 2.24) is 23.7 Å². The largest absolute Gasteiger partial charge is 0.460 e. The number of aromatic nitrogens is 3. The molecule has 9 heterocycles. The predicted octanol–water partition coefficient (Wildman–Crippen LogP) is 8.98. The van der Waals surface area contributed by atoms with Crippen molar-refractivity contribution in [3.63, 3.8) is 0 Å². The first-order valence-electron chi connectivity index (χ1n) is 49.0. The number of methoxy groups -OCH3 is 6. The normalized spacial score (nSPS) is 39.4.